The first kappa shape index (κ1) is 37.7. The number of rotatable bonds is 15. The van der Waals surface area contributed by atoms with Crippen molar-refractivity contribution >= 4 is 59.7 Å². The molecular weight excluding hydrogens is 652 g/mol. The van der Waals surface area contributed by atoms with E-state index in [1.807, 2.05) is 6.92 Å². The van der Waals surface area contributed by atoms with Crippen molar-refractivity contribution in [2.24, 2.45) is 0 Å². The Labute approximate surface area is 237 Å². The van der Waals surface area contributed by atoms with Gasteiger partial charge in [0, 0.05) is 18.5 Å². The van der Waals surface area contributed by atoms with E-state index in [1.165, 1.54) is 10.6 Å². The zero-order valence-corrected chi connectivity index (χ0v) is 25.2. The Bertz CT molecular complexity index is 1240. The number of hydrogen-bond acceptors (Lipinski definition) is 8. The van der Waals surface area contributed by atoms with Crippen LogP contribution in [0.1, 0.15) is 24.8 Å². The zero-order chi connectivity index (χ0) is 32.7. The fourth-order valence-electron chi connectivity index (χ4n) is 3.11. The normalized spacial score (nSPS) is 12.6. The molecule has 0 aliphatic rings. The van der Waals surface area contributed by atoms with Crippen LogP contribution in [-0.4, -0.2) is 91.8 Å². The summed E-state index contributed by atoms with van der Waals surface area (Å²) in [6.45, 7) is -0.801. The maximum Gasteiger partial charge on any atom is 0.360 e. The molecule has 0 fully saturated rings. The monoisotopic (exact) mass is 682 g/mol. The van der Waals surface area contributed by atoms with Gasteiger partial charge < -0.3 is 60.0 Å². The average Bonchev–Trinajstić information content (AvgIpc) is 2.79. The molecular formula is C18H30N4O16P4. The van der Waals surface area contributed by atoms with Gasteiger partial charge >= 0.3 is 30.4 Å². The first-order valence-electron chi connectivity index (χ1n) is 11.3. The highest BCUT2D eigenvalue weighted by Crippen LogP contribution is 2.59. The predicted octanol–water partition coefficient (Wildman–Crippen LogP) is -1.56. The van der Waals surface area contributed by atoms with Gasteiger partial charge in [0.1, 0.15) is 13.1 Å². The summed E-state index contributed by atoms with van der Waals surface area (Å²) in [7, 11) is -22.6. The van der Waals surface area contributed by atoms with Crippen LogP contribution in [0.15, 0.2) is 24.3 Å². The minimum atomic E-state index is -5.66. The lowest BCUT2D eigenvalue weighted by molar-refractivity contribution is -0.139. The molecule has 42 heavy (non-hydrogen) atoms. The molecule has 0 aromatic heterocycles. The Kier molecular flexibility index (Phi) is 13.4. The molecule has 0 saturated heterocycles. The molecule has 0 heterocycles. The smallest absolute Gasteiger partial charge is 0.331 e. The number of nitrogens with zero attached hydrogens (tertiary/aromatic N) is 1. The standard InChI is InChI=1S/C18H30N4O16P4/c1-11-5-7-12(8-6-11)19-13(23)3-2-4-16(26)22(9-14(24)20-17(39(27,28)29)40(30,31)32)10-15(25)21-18(41(33,34)35)42(36,37)38/h5-8,17-18H,2-4,9-10H2,1H3,(H,19,23)(H,20,24)(H,21,25)(H2,27,28,29)(H2,30,31,32)(H2,33,34,35)(H2,36,37,38). The quantitative estimate of drug-likeness (QED) is 0.0932. The first-order valence-corrected chi connectivity index (χ1v) is 18.1. The van der Waals surface area contributed by atoms with Crippen LogP contribution in [0.2, 0.25) is 0 Å². The summed E-state index contributed by atoms with van der Waals surface area (Å²) in [5.41, 5.74) is -4.68. The highest BCUT2D eigenvalue weighted by molar-refractivity contribution is 7.71. The summed E-state index contributed by atoms with van der Waals surface area (Å²) in [6.07, 6.45) is -1.02. The van der Waals surface area contributed by atoms with Gasteiger partial charge in [-0.1, -0.05) is 17.7 Å². The minimum absolute atomic E-state index is 0.197. The summed E-state index contributed by atoms with van der Waals surface area (Å²) in [5.74, 6) is -4.86. The Morgan fingerprint density at radius 2 is 1.05 bits per heavy atom. The number of carbonyl (C=O) groups is 4. The molecule has 0 aliphatic carbocycles. The fraction of sp³-hybridized carbons (Fsp3) is 0.444. The molecule has 0 spiro atoms. The third kappa shape index (κ3) is 13.3. The molecule has 0 saturated carbocycles. The van der Waals surface area contributed by atoms with E-state index in [0.717, 1.165) is 5.56 Å². The highest BCUT2D eigenvalue weighted by atomic mass is 31.2. The average molecular weight is 682 g/mol. The van der Waals surface area contributed by atoms with E-state index in [2.05, 4.69) is 5.32 Å². The van der Waals surface area contributed by atoms with Gasteiger partial charge in [-0.25, -0.2) is 0 Å². The van der Waals surface area contributed by atoms with Crippen molar-refractivity contribution in [2.75, 3.05) is 18.4 Å². The predicted molar refractivity (Wildman–Crippen MR) is 142 cm³/mol. The minimum Gasteiger partial charge on any atom is -0.331 e. The lowest BCUT2D eigenvalue weighted by Crippen LogP contribution is -2.48. The molecule has 238 valence electrons. The maximum absolute atomic E-state index is 12.8. The van der Waals surface area contributed by atoms with E-state index in [4.69, 9.17) is 39.1 Å². The van der Waals surface area contributed by atoms with Crippen molar-refractivity contribution < 1.29 is 76.6 Å². The Hall–Kier alpha value is -2.30. The highest BCUT2D eigenvalue weighted by Gasteiger charge is 2.46. The van der Waals surface area contributed by atoms with Crippen molar-refractivity contribution in [3.05, 3.63) is 29.8 Å². The second-order valence-electron chi connectivity index (χ2n) is 8.76. The summed E-state index contributed by atoms with van der Waals surface area (Å²) >= 11 is 0. The molecule has 1 aromatic rings. The molecule has 0 atom stereocenters. The SMILES string of the molecule is Cc1ccc(NC(=O)CCCC(=O)N(CC(=O)NC(P(=O)(O)O)P(=O)(O)O)CC(=O)NC(P(=O)(O)O)P(=O)(O)O)cc1. The molecule has 0 bridgehead atoms. The molecule has 11 N–H and O–H groups in total. The number of nitrogens with one attached hydrogen (secondary N) is 3. The van der Waals surface area contributed by atoms with Crippen molar-refractivity contribution in [1.82, 2.24) is 15.5 Å². The molecule has 20 nitrogen and oxygen atoms in total. The number of anilines is 1. The van der Waals surface area contributed by atoms with E-state index >= 15 is 0 Å². The largest absolute Gasteiger partial charge is 0.360 e. The fourth-order valence-corrected chi connectivity index (χ4v) is 7.49. The van der Waals surface area contributed by atoms with E-state index in [0.29, 0.717) is 10.6 Å². The van der Waals surface area contributed by atoms with Crippen LogP contribution >= 0.6 is 30.4 Å². The second kappa shape index (κ2) is 14.9. The van der Waals surface area contributed by atoms with Crippen LogP contribution in [-0.2, 0) is 37.4 Å². The van der Waals surface area contributed by atoms with E-state index in [1.54, 1.807) is 24.3 Å². The summed E-state index contributed by atoms with van der Waals surface area (Å²) in [4.78, 5) is 123. The number of amides is 4. The third-order valence-corrected chi connectivity index (χ3v) is 11.7. The van der Waals surface area contributed by atoms with Crippen LogP contribution in [0.25, 0.3) is 0 Å². The second-order valence-corrected chi connectivity index (χ2v) is 16.3. The van der Waals surface area contributed by atoms with Crippen LogP contribution in [0.3, 0.4) is 0 Å². The number of hydrogen-bond donors (Lipinski definition) is 11. The van der Waals surface area contributed by atoms with Crippen LogP contribution in [0.5, 0.6) is 0 Å². The van der Waals surface area contributed by atoms with Crippen LogP contribution < -0.4 is 16.0 Å². The van der Waals surface area contributed by atoms with Gasteiger partial charge in [-0.05, 0) is 25.5 Å². The molecule has 1 rings (SSSR count). The zero-order valence-electron chi connectivity index (χ0n) is 21.6. The van der Waals surface area contributed by atoms with Gasteiger partial charge in [0.15, 0.2) is 0 Å². The lowest BCUT2D eigenvalue weighted by Gasteiger charge is -2.26. The van der Waals surface area contributed by atoms with Crippen LogP contribution in [0.4, 0.5) is 5.69 Å². The van der Waals surface area contributed by atoms with Gasteiger partial charge in [0.25, 0.3) is 0 Å². The van der Waals surface area contributed by atoms with Gasteiger partial charge in [-0.3, -0.25) is 37.4 Å². The van der Waals surface area contributed by atoms with Crippen molar-refractivity contribution in [3.8, 4) is 0 Å². The third-order valence-electron chi connectivity index (χ3n) is 5.01. The van der Waals surface area contributed by atoms with E-state index < -0.39 is 84.6 Å². The van der Waals surface area contributed by atoms with Crippen molar-refractivity contribution in [3.63, 3.8) is 0 Å². The maximum atomic E-state index is 12.8. The molecule has 4 amide bonds. The number of carbonyl (C=O) groups excluding carboxylic acids is 4. The lowest BCUT2D eigenvalue weighted by atomic mass is 10.2. The summed E-state index contributed by atoms with van der Waals surface area (Å²) in [5, 5.41) is 5.24. The van der Waals surface area contributed by atoms with Gasteiger partial charge in [0.05, 0.1) is 0 Å². The van der Waals surface area contributed by atoms with Crippen molar-refractivity contribution in [2.45, 2.75) is 37.2 Å². The Morgan fingerprint density at radius 3 is 1.40 bits per heavy atom. The first-order chi connectivity index (χ1) is 18.9. The van der Waals surface area contributed by atoms with Crippen LogP contribution in [0, 0.1) is 6.92 Å². The summed E-state index contributed by atoms with van der Waals surface area (Å²) in [6, 6.07) is 6.67. The van der Waals surface area contributed by atoms with Gasteiger partial charge in [-0.15, -0.1) is 0 Å². The molecule has 24 heteroatoms. The van der Waals surface area contributed by atoms with E-state index in [-0.39, 0.29) is 12.8 Å². The Morgan fingerprint density at radius 1 is 0.667 bits per heavy atom. The molecule has 1 aromatic carbocycles. The van der Waals surface area contributed by atoms with Gasteiger partial charge in [-0.2, -0.15) is 0 Å². The number of benzene rings is 1. The molecule has 0 radical (unpaired) electrons. The molecule has 0 unspecified atom stereocenters. The van der Waals surface area contributed by atoms with Crippen molar-refractivity contribution in [1.29, 1.82) is 0 Å². The topological polar surface area (TPSA) is 338 Å². The van der Waals surface area contributed by atoms with E-state index in [9.17, 15) is 37.4 Å². The summed E-state index contributed by atoms with van der Waals surface area (Å²) < 4.78 is 45.7. The number of aryl methyl sites for hydroxylation is 1. The Balaban J connectivity index is 3.05. The van der Waals surface area contributed by atoms with Gasteiger partial charge in [0.2, 0.25) is 34.7 Å². The molecule has 0 aliphatic heterocycles.